The van der Waals surface area contributed by atoms with E-state index in [4.69, 9.17) is 9.84 Å². The molecule has 104 valence electrons. The predicted molar refractivity (Wildman–Crippen MR) is 62.2 cm³/mol. The number of aromatic amines is 1. The first-order valence-electron chi connectivity index (χ1n) is 5.76. The number of amides is 2. The van der Waals surface area contributed by atoms with Crippen LogP contribution >= 0.6 is 0 Å². The van der Waals surface area contributed by atoms with Crippen LogP contribution in [0.2, 0.25) is 0 Å². The van der Waals surface area contributed by atoms with Gasteiger partial charge in [0.1, 0.15) is 12.2 Å². The second kappa shape index (κ2) is 5.65. The van der Waals surface area contributed by atoms with Crippen LogP contribution in [0.3, 0.4) is 0 Å². The van der Waals surface area contributed by atoms with Gasteiger partial charge in [-0.1, -0.05) is 0 Å². The number of carbonyl (C=O) groups excluding carboxylic acids is 1. The Kier molecular flexibility index (Phi) is 3.95. The first kappa shape index (κ1) is 13.3. The lowest BCUT2D eigenvalue weighted by Gasteiger charge is -2.35. The van der Waals surface area contributed by atoms with Crippen molar-refractivity contribution in [3.05, 3.63) is 12.2 Å². The van der Waals surface area contributed by atoms with Crippen LogP contribution in [0.5, 0.6) is 0 Å². The Morgan fingerprint density at radius 2 is 2.47 bits per heavy atom. The fraction of sp³-hybridized carbons (Fsp3) is 0.600. The Morgan fingerprint density at radius 3 is 3.11 bits per heavy atom. The number of rotatable bonds is 3. The maximum absolute atomic E-state index is 12.2. The fourth-order valence-electron chi connectivity index (χ4n) is 1.86. The normalized spacial score (nSPS) is 19.2. The molecule has 1 unspecified atom stereocenters. The average molecular weight is 269 g/mol. The predicted octanol–water partition coefficient (Wildman–Crippen LogP) is -0.858. The summed E-state index contributed by atoms with van der Waals surface area (Å²) in [6, 6.07) is -1.31. The zero-order chi connectivity index (χ0) is 13.8. The number of H-pyrrole nitrogens is 1. The minimum atomic E-state index is -1.07. The van der Waals surface area contributed by atoms with E-state index in [9.17, 15) is 9.59 Å². The molecule has 9 heteroatoms. The van der Waals surface area contributed by atoms with Gasteiger partial charge in [-0.3, -0.25) is 5.10 Å². The first-order valence-corrected chi connectivity index (χ1v) is 5.76. The van der Waals surface area contributed by atoms with E-state index in [-0.39, 0.29) is 25.7 Å². The number of aromatic nitrogens is 3. The van der Waals surface area contributed by atoms with E-state index in [2.05, 4.69) is 15.2 Å². The van der Waals surface area contributed by atoms with Gasteiger partial charge in [-0.2, -0.15) is 5.10 Å². The number of carboxylic acid groups (broad SMARTS) is 1. The zero-order valence-corrected chi connectivity index (χ0v) is 10.4. The van der Waals surface area contributed by atoms with E-state index in [1.165, 1.54) is 16.1 Å². The van der Waals surface area contributed by atoms with Crippen LogP contribution in [0.1, 0.15) is 5.82 Å². The molecule has 1 aliphatic heterocycles. The quantitative estimate of drug-likeness (QED) is 0.738. The molecule has 1 aromatic rings. The van der Waals surface area contributed by atoms with Crippen molar-refractivity contribution >= 4 is 12.0 Å². The van der Waals surface area contributed by atoms with Crippen molar-refractivity contribution in [1.82, 2.24) is 25.0 Å². The molecular weight excluding hydrogens is 254 g/mol. The topological polar surface area (TPSA) is 112 Å². The number of aliphatic carboxylic acids is 1. The highest BCUT2D eigenvalue weighted by Crippen LogP contribution is 2.11. The summed E-state index contributed by atoms with van der Waals surface area (Å²) in [5, 5.41) is 15.4. The average Bonchev–Trinajstić information content (AvgIpc) is 2.90. The Morgan fingerprint density at radius 1 is 1.68 bits per heavy atom. The minimum absolute atomic E-state index is 0.0111. The third kappa shape index (κ3) is 2.99. The van der Waals surface area contributed by atoms with Crippen LogP contribution in [0.25, 0.3) is 0 Å². The molecule has 2 N–H and O–H groups in total. The lowest BCUT2D eigenvalue weighted by Crippen LogP contribution is -2.55. The van der Waals surface area contributed by atoms with Crippen molar-refractivity contribution in [1.29, 1.82) is 0 Å². The molecule has 1 aliphatic rings. The number of carboxylic acids is 1. The Bertz CT molecular complexity index is 449. The maximum atomic E-state index is 12.2. The number of urea groups is 1. The molecule has 2 heterocycles. The van der Waals surface area contributed by atoms with Gasteiger partial charge in [-0.25, -0.2) is 14.6 Å². The second-order valence-electron chi connectivity index (χ2n) is 4.19. The summed E-state index contributed by atoms with van der Waals surface area (Å²) in [6.07, 6.45) is 1.35. The molecule has 2 amide bonds. The summed E-state index contributed by atoms with van der Waals surface area (Å²) in [4.78, 5) is 29.9. The zero-order valence-electron chi connectivity index (χ0n) is 10.4. The van der Waals surface area contributed by atoms with Gasteiger partial charge in [-0.05, 0) is 0 Å². The Balaban J connectivity index is 2.02. The van der Waals surface area contributed by atoms with Crippen LogP contribution in [-0.2, 0) is 16.1 Å². The maximum Gasteiger partial charge on any atom is 0.328 e. The molecule has 9 nitrogen and oxygen atoms in total. The van der Waals surface area contributed by atoms with Crippen LogP contribution in [0.4, 0.5) is 4.79 Å². The number of ether oxygens (including phenoxy) is 1. The number of hydrogen-bond acceptors (Lipinski definition) is 5. The summed E-state index contributed by atoms with van der Waals surface area (Å²) in [5.74, 6) is -0.530. The molecule has 0 aliphatic carbocycles. The standard InChI is InChI=1S/C10H15N5O4/c1-14(4-8-11-6-12-13-8)10(18)15-2-3-19-5-7(15)9(16)17/h6-7H,2-5H2,1H3,(H,16,17)(H,11,12,13). The van der Waals surface area contributed by atoms with Gasteiger partial charge in [0.15, 0.2) is 6.04 Å². The van der Waals surface area contributed by atoms with Crippen molar-refractivity contribution in [2.75, 3.05) is 26.8 Å². The van der Waals surface area contributed by atoms with Gasteiger partial charge in [0, 0.05) is 13.6 Å². The molecule has 0 aromatic carbocycles. The van der Waals surface area contributed by atoms with Crippen molar-refractivity contribution in [2.45, 2.75) is 12.6 Å². The molecule has 1 atom stereocenters. The molecule has 1 saturated heterocycles. The van der Waals surface area contributed by atoms with E-state index >= 15 is 0 Å². The van der Waals surface area contributed by atoms with Crippen molar-refractivity contribution < 1.29 is 19.4 Å². The second-order valence-corrected chi connectivity index (χ2v) is 4.19. The van der Waals surface area contributed by atoms with Crippen LogP contribution < -0.4 is 0 Å². The molecule has 0 saturated carbocycles. The van der Waals surface area contributed by atoms with Crippen LogP contribution in [0, 0.1) is 0 Å². The van der Waals surface area contributed by atoms with Gasteiger partial charge in [-0.15, -0.1) is 0 Å². The van der Waals surface area contributed by atoms with Gasteiger partial charge in [0.25, 0.3) is 0 Å². The number of nitrogens with one attached hydrogen (secondary N) is 1. The van der Waals surface area contributed by atoms with E-state index in [1.807, 2.05) is 0 Å². The van der Waals surface area contributed by atoms with E-state index in [1.54, 1.807) is 7.05 Å². The molecule has 1 fully saturated rings. The van der Waals surface area contributed by atoms with Crippen LogP contribution in [0.15, 0.2) is 6.33 Å². The van der Waals surface area contributed by atoms with Crippen molar-refractivity contribution in [3.8, 4) is 0 Å². The highest BCUT2D eigenvalue weighted by molar-refractivity contribution is 5.82. The largest absolute Gasteiger partial charge is 0.480 e. The summed E-state index contributed by atoms with van der Waals surface area (Å²) >= 11 is 0. The molecular formula is C10H15N5O4. The smallest absolute Gasteiger partial charge is 0.328 e. The lowest BCUT2D eigenvalue weighted by atomic mass is 10.2. The lowest BCUT2D eigenvalue weighted by molar-refractivity contribution is -0.147. The third-order valence-corrected chi connectivity index (χ3v) is 2.84. The van der Waals surface area contributed by atoms with E-state index in [0.717, 1.165) is 0 Å². The Hall–Kier alpha value is -2.16. The fourth-order valence-corrected chi connectivity index (χ4v) is 1.86. The number of nitrogens with zero attached hydrogens (tertiary/aromatic N) is 4. The van der Waals surface area contributed by atoms with Gasteiger partial charge in [0.2, 0.25) is 0 Å². The molecule has 0 radical (unpaired) electrons. The van der Waals surface area contributed by atoms with E-state index in [0.29, 0.717) is 12.4 Å². The van der Waals surface area contributed by atoms with Gasteiger partial charge < -0.3 is 19.6 Å². The molecule has 2 rings (SSSR count). The van der Waals surface area contributed by atoms with Crippen molar-refractivity contribution in [2.24, 2.45) is 0 Å². The minimum Gasteiger partial charge on any atom is -0.480 e. The van der Waals surface area contributed by atoms with Gasteiger partial charge >= 0.3 is 12.0 Å². The number of morpholine rings is 1. The molecule has 1 aromatic heterocycles. The first-order chi connectivity index (χ1) is 9.09. The summed E-state index contributed by atoms with van der Waals surface area (Å²) < 4.78 is 5.09. The van der Waals surface area contributed by atoms with Crippen LogP contribution in [-0.4, -0.2) is 74.9 Å². The summed E-state index contributed by atoms with van der Waals surface area (Å²) in [7, 11) is 1.58. The third-order valence-electron chi connectivity index (χ3n) is 2.84. The monoisotopic (exact) mass is 269 g/mol. The van der Waals surface area contributed by atoms with Crippen molar-refractivity contribution in [3.63, 3.8) is 0 Å². The number of carbonyl (C=O) groups is 2. The SMILES string of the molecule is CN(Cc1ncn[nH]1)C(=O)N1CCOCC1C(=O)O. The summed E-state index contributed by atoms with van der Waals surface area (Å²) in [6.45, 7) is 0.849. The molecule has 0 spiro atoms. The highest BCUT2D eigenvalue weighted by atomic mass is 16.5. The summed E-state index contributed by atoms with van der Waals surface area (Å²) in [5.41, 5.74) is 0. The number of hydrogen-bond donors (Lipinski definition) is 2. The Labute approximate surface area is 109 Å². The molecule has 19 heavy (non-hydrogen) atoms. The van der Waals surface area contributed by atoms with E-state index < -0.39 is 12.0 Å². The van der Waals surface area contributed by atoms with Gasteiger partial charge in [0.05, 0.1) is 19.8 Å². The molecule has 0 bridgehead atoms. The highest BCUT2D eigenvalue weighted by Gasteiger charge is 2.34.